The number of hydrogen-bond acceptors (Lipinski definition) is 6. The maximum atomic E-state index is 13.3. The first-order valence-electron chi connectivity index (χ1n) is 13.1. The number of carboxylic acids is 1. The number of aromatic nitrogens is 3. The van der Waals surface area contributed by atoms with Gasteiger partial charge in [0.1, 0.15) is 5.69 Å². The monoisotopic (exact) mass is 606 g/mol. The Bertz CT molecular complexity index is 1430. The Morgan fingerprint density at radius 2 is 1.93 bits per heavy atom. The summed E-state index contributed by atoms with van der Waals surface area (Å²) in [6.45, 7) is 5.12. The first-order valence-corrected chi connectivity index (χ1v) is 13.5. The van der Waals surface area contributed by atoms with Crippen molar-refractivity contribution < 1.29 is 32.6 Å². The molecule has 0 radical (unpaired) electrons. The van der Waals surface area contributed by atoms with E-state index in [1.54, 1.807) is 9.58 Å². The molecule has 42 heavy (non-hydrogen) atoms. The van der Waals surface area contributed by atoms with Crippen LogP contribution in [0.5, 0.6) is 0 Å². The Hall–Kier alpha value is -3.97. The van der Waals surface area contributed by atoms with Crippen molar-refractivity contribution in [2.45, 2.75) is 63.5 Å². The second-order valence-electron chi connectivity index (χ2n) is 10.4. The molecule has 2 aliphatic heterocycles. The summed E-state index contributed by atoms with van der Waals surface area (Å²) in [6, 6.07) is 15.7. The van der Waals surface area contributed by atoms with Crippen LogP contribution >= 0.6 is 11.6 Å². The van der Waals surface area contributed by atoms with Crippen LogP contribution in [0.25, 0.3) is 11.3 Å². The Morgan fingerprint density at radius 3 is 2.55 bits per heavy atom. The number of rotatable bonds is 5. The summed E-state index contributed by atoms with van der Waals surface area (Å²) in [6.07, 6.45) is -1.49. The summed E-state index contributed by atoms with van der Waals surface area (Å²) in [7, 11) is 0. The molecule has 5 rings (SSSR count). The molecule has 14 heteroatoms. The van der Waals surface area contributed by atoms with Gasteiger partial charge >= 0.3 is 12.1 Å². The second kappa shape index (κ2) is 12.5. The van der Waals surface area contributed by atoms with Gasteiger partial charge in [-0.05, 0) is 37.8 Å². The molecule has 3 heterocycles. The van der Waals surface area contributed by atoms with E-state index in [1.165, 1.54) is 0 Å². The van der Waals surface area contributed by atoms with Gasteiger partial charge in [-0.15, -0.1) is 5.10 Å². The lowest BCUT2D eigenvalue weighted by Gasteiger charge is -2.45. The first kappa shape index (κ1) is 31.0. The summed E-state index contributed by atoms with van der Waals surface area (Å²) < 4.78 is 39.1. The Balaban J connectivity index is 0.000000517. The first-order chi connectivity index (χ1) is 19.8. The van der Waals surface area contributed by atoms with E-state index in [2.05, 4.69) is 15.6 Å². The molecule has 3 atom stereocenters. The number of carboxylic acid groups (broad SMARTS) is 1. The average Bonchev–Trinajstić information content (AvgIpc) is 3.37. The third-order valence-electron chi connectivity index (χ3n) is 7.07. The standard InChI is InChI=1S/C26H29ClN6O2.C2HF3O2/c1-17-13-19(11-12-35-17)33-23(34)14-26(2,29-25(33)28)21-10-6-9-20(24(21)27)22-16-32(31-30-22)15-18-7-4-3-5-8-18;3-2(4,5)1(6)7/h3-10,16-17,19H,11-15H2,1-2H3,(H2,28,29);(H,6,7)/t17-,19-,26-;/m0./s1. The molecule has 2 fully saturated rings. The molecule has 0 unspecified atom stereocenters. The molecule has 0 saturated carbocycles. The topological polar surface area (TPSA) is 133 Å². The minimum atomic E-state index is -5.08. The molecule has 2 aromatic carbocycles. The normalized spacial score (nSPS) is 22.7. The van der Waals surface area contributed by atoms with E-state index < -0.39 is 17.7 Å². The van der Waals surface area contributed by atoms with Crippen LogP contribution in [0.4, 0.5) is 13.2 Å². The van der Waals surface area contributed by atoms with E-state index in [0.717, 1.165) is 29.5 Å². The number of nitrogens with one attached hydrogen (secondary N) is 2. The van der Waals surface area contributed by atoms with Crippen molar-refractivity contribution in [2.75, 3.05) is 6.61 Å². The molecule has 224 valence electrons. The van der Waals surface area contributed by atoms with Crippen LogP contribution in [0.15, 0.2) is 54.7 Å². The lowest BCUT2D eigenvalue weighted by molar-refractivity contribution is -0.192. The molecule has 1 aromatic heterocycles. The Kier molecular flexibility index (Phi) is 9.21. The van der Waals surface area contributed by atoms with E-state index in [9.17, 15) is 18.0 Å². The van der Waals surface area contributed by atoms with Crippen molar-refractivity contribution in [3.63, 3.8) is 0 Å². The Labute approximate surface area is 244 Å². The molecule has 3 aromatic rings. The van der Waals surface area contributed by atoms with Crippen LogP contribution in [-0.2, 0) is 26.4 Å². The van der Waals surface area contributed by atoms with Gasteiger partial charge in [-0.1, -0.05) is 65.3 Å². The predicted octanol–water partition coefficient (Wildman–Crippen LogP) is 4.82. The van der Waals surface area contributed by atoms with Gasteiger partial charge in [0.05, 0.1) is 35.8 Å². The smallest absolute Gasteiger partial charge is 0.475 e. The number of benzene rings is 2. The van der Waals surface area contributed by atoms with E-state index >= 15 is 0 Å². The molecule has 2 aliphatic rings. The third-order valence-corrected chi connectivity index (χ3v) is 7.48. The fourth-order valence-electron chi connectivity index (χ4n) is 5.06. The van der Waals surface area contributed by atoms with Crippen molar-refractivity contribution in [2.24, 2.45) is 0 Å². The molecular weight excluding hydrogens is 577 g/mol. The number of carbonyl (C=O) groups is 2. The van der Waals surface area contributed by atoms with Gasteiger partial charge in [0.15, 0.2) is 5.96 Å². The highest BCUT2D eigenvalue weighted by Gasteiger charge is 2.44. The molecule has 2 saturated heterocycles. The van der Waals surface area contributed by atoms with Gasteiger partial charge in [0.2, 0.25) is 5.91 Å². The van der Waals surface area contributed by atoms with Crippen LogP contribution in [0, 0.1) is 5.41 Å². The number of carbonyl (C=O) groups excluding carboxylic acids is 1. The molecule has 10 nitrogen and oxygen atoms in total. The highest BCUT2D eigenvalue weighted by Crippen LogP contribution is 2.39. The number of amides is 1. The van der Waals surface area contributed by atoms with Crippen LogP contribution in [0.3, 0.4) is 0 Å². The zero-order chi connectivity index (χ0) is 30.7. The van der Waals surface area contributed by atoms with Crippen molar-refractivity contribution in [1.29, 1.82) is 5.41 Å². The zero-order valence-electron chi connectivity index (χ0n) is 22.9. The van der Waals surface area contributed by atoms with Gasteiger partial charge in [-0.25, -0.2) is 9.48 Å². The summed E-state index contributed by atoms with van der Waals surface area (Å²) in [5.74, 6) is -2.73. The number of halogens is 4. The van der Waals surface area contributed by atoms with E-state index in [1.807, 2.05) is 68.6 Å². The molecule has 0 bridgehead atoms. The number of nitrogens with zero attached hydrogens (tertiary/aromatic N) is 4. The quantitative estimate of drug-likeness (QED) is 0.379. The van der Waals surface area contributed by atoms with Gasteiger partial charge in [-0.3, -0.25) is 15.1 Å². The van der Waals surface area contributed by atoms with Crippen LogP contribution in [-0.4, -0.2) is 67.8 Å². The van der Waals surface area contributed by atoms with E-state index in [4.69, 9.17) is 31.6 Å². The largest absolute Gasteiger partial charge is 0.490 e. The molecule has 0 spiro atoms. The molecule has 1 amide bonds. The highest BCUT2D eigenvalue weighted by molar-refractivity contribution is 6.34. The van der Waals surface area contributed by atoms with Crippen LogP contribution in [0.1, 0.15) is 44.2 Å². The SMILES string of the molecule is C[C@H]1C[C@@H](N2C(=N)N[C@](C)(c3cccc(-c4cn(Cc5ccccc5)nn4)c3Cl)CC2=O)CCO1.O=C(O)C(F)(F)F. The summed E-state index contributed by atoms with van der Waals surface area (Å²) in [5, 5.41) is 28.2. The number of alkyl halides is 3. The number of aliphatic carboxylic acids is 1. The summed E-state index contributed by atoms with van der Waals surface area (Å²) in [4.78, 5) is 23.8. The molecule has 0 aliphatic carbocycles. The van der Waals surface area contributed by atoms with Crippen LogP contribution < -0.4 is 5.32 Å². The van der Waals surface area contributed by atoms with Gasteiger partial charge in [-0.2, -0.15) is 13.2 Å². The lowest BCUT2D eigenvalue weighted by atomic mass is 9.84. The maximum Gasteiger partial charge on any atom is 0.490 e. The van der Waals surface area contributed by atoms with Gasteiger partial charge < -0.3 is 15.2 Å². The van der Waals surface area contributed by atoms with E-state index in [-0.39, 0.29) is 30.4 Å². The number of guanidine groups is 1. The highest BCUT2D eigenvalue weighted by atomic mass is 35.5. The average molecular weight is 607 g/mol. The van der Waals surface area contributed by atoms with Crippen molar-refractivity contribution in [3.05, 3.63) is 70.9 Å². The van der Waals surface area contributed by atoms with Gasteiger partial charge in [0.25, 0.3) is 0 Å². The second-order valence-corrected chi connectivity index (χ2v) is 10.7. The number of ether oxygens (including phenoxy) is 1. The maximum absolute atomic E-state index is 13.3. The number of hydrogen-bond donors (Lipinski definition) is 3. The van der Waals surface area contributed by atoms with Crippen molar-refractivity contribution >= 4 is 29.4 Å². The zero-order valence-corrected chi connectivity index (χ0v) is 23.6. The minimum absolute atomic E-state index is 0.0303. The summed E-state index contributed by atoms with van der Waals surface area (Å²) >= 11 is 6.91. The predicted molar refractivity (Wildman–Crippen MR) is 148 cm³/mol. The summed E-state index contributed by atoms with van der Waals surface area (Å²) in [5.41, 5.74) is 2.47. The fourth-order valence-corrected chi connectivity index (χ4v) is 5.49. The fraction of sp³-hybridized carbons (Fsp3) is 0.393. The molecular formula is C28H30ClF3N6O4. The van der Waals surface area contributed by atoms with E-state index in [0.29, 0.717) is 23.9 Å². The van der Waals surface area contributed by atoms with Gasteiger partial charge in [0, 0.05) is 18.2 Å². The third kappa shape index (κ3) is 7.08. The molecule has 3 N–H and O–H groups in total. The van der Waals surface area contributed by atoms with Crippen molar-refractivity contribution in [3.8, 4) is 11.3 Å². The van der Waals surface area contributed by atoms with Crippen molar-refractivity contribution in [1.82, 2.24) is 25.2 Å². The lowest BCUT2D eigenvalue weighted by Crippen LogP contribution is -2.63. The van der Waals surface area contributed by atoms with Crippen LogP contribution in [0.2, 0.25) is 5.02 Å². The Morgan fingerprint density at radius 1 is 1.24 bits per heavy atom. The minimum Gasteiger partial charge on any atom is -0.475 e.